The van der Waals surface area contributed by atoms with E-state index in [9.17, 15) is 14.7 Å². The van der Waals surface area contributed by atoms with E-state index in [0.717, 1.165) is 11.1 Å². The summed E-state index contributed by atoms with van der Waals surface area (Å²) in [4.78, 5) is 23.1. The molecule has 22 heavy (non-hydrogen) atoms. The van der Waals surface area contributed by atoms with Crippen molar-refractivity contribution < 1.29 is 19.4 Å². The van der Waals surface area contributed by atoms with Gasteiger partial charge in [-0.1, -0.05) is 30.3 Å². The summed E-state index contributed by atoms with van der Waals surface area (Å²) >= 11 is 0. The van der Waals surface area contributed by atoms with Gasteiger partial charge in [0.25, 0.3) is 0 Å². The summed E-state index contributed by atoms with van der Waals surface area (Å²) in [7, 11) is 0. The molecule has 4 nitrogen and oxygen atoms in total. The largest absolute Gasteiger partial charge is 0.486 e. The molecular weight excluding hydrogens is 280 g/mol. The summed E-state index contributed by atoms with van der Waals surface area (Å²) in [5.41, 5.74) is 2.14. The predicted molar refractivity (Wildman–Crippen MR) is 81.4 cm³/mol. The summed E-state index contributed by atoms with van der Waals surface area (Å²) in [6.07, 6.45) is 1.05. The van der Waals surface area contributed by atoms with Crippen LogP contribution in [0, 0.1) is 0 Å². The van der Waals surface area contributed by atoms with E-state index in [4.69, 9.17) is 4.74 Å². The minimum atomic E-state index is -0.975. The first-order valence-electron chi connectivity index (χ1n) is 7.19. The van der Waals surface area contributed by atoms with E-state index in [1.165, 1.54) is 6.07 Å². The highest BCUT2D eigenvalue weighted by Gasteiger charge is 2.25. The van der Waals surface area contributed by atoms with Crippen LogP contribution in [0.4, 0.5) is 0 Å². The quantitative estimate of drug-likeness (QED) is 0.945. The van der Waals surface area contributed by atoms with Crippen molar-refractivity contribution in [1.29, 1.82) is 0 Å². The number of hydrogen-bond acceptors (Lipinski definition) is 3. The van der Waals surface area contributed by atoms with Gasteiger partial charge in [0.2, 0.25) is 0 Å². The van der Waals surface area contributed by atoms with Gasteiger partial charge in [-0.05, 0) is 41.7 Å². The third kappa shape index (κ3) is 3.01. The van der Waals surface area contributed by atoms with Crippen molar-refractivity contribution in [3.8, 4) is 5.75 Å². The number of fused-ring (bicyclic) bond motifs is 1. The smallest absolute Gasteiger partial charge is 0.335 e. The van der Waals surface area contributed by atoms with Gasteiger partial charge in [0, 0.05) is 6.42 Å². The fourth-order valence-electron chi connectivity index (χ4n) is 2.81. The van der Waals surface area contributed by atoms with Crippen LogP contribution < -0.4 is 4.74 Å². The normalized spacial score (nSPS) is 17.3. The zero-order valence-electron chi connectivity index (χ0n) is 12.0. The van der Waals surface area contributed by atoms with Crippen molar-refractivity contribution in [1.82, 2.24) is 0 Å². The second kappa shape index (κ2) is 6.02. The molecule has 0 spiro atoms. The van der Waals surface area contributed by atoms with E-state index in [2.05, 4.69) is 0 Å². The third-order valence-electron chi connectivity index (χ3n) is 3.88. The highest BCUT2D eigenvalue weighted by molar-refractivity contribution is 5.88. The van der Waals surface area contributed by atoms with E-state index in [-0.39, 0.29) is 23.9 Å². The summed E-state index contributed by atoms with van der Waals surface area (Å²) in [6.45, 7) is 0.0463. The van der Waals surface area contributed by atoms with Crippen molar-refractivity contribution >= 4 is 11.8 Å². The Balaban J connectivity index is 1.99. The number of ketones is 1. The maximum absolute atomic E-state index is 11.9. The average Bonchev–Trinajstić information content (AvgIpc) is 2.67. The molecule has 0 amide bonds. The molecule has 0 radical (unpaired) electrons. The number of carboxylic acids is 1. The standard InChI is InChI=1S/C18H16O4/c19-15-9-14(8-12-4-2-1-3-5-12)16-10-13(18(20)21)6-7-17(16)22-11-15/h1-7,10,14H,8-9,11H2,(H,20,21). The Labute approximate surface area is 128 Å². The summed E-state index contributed by atoms with van der Waals surface area (Å²) in [5, 5.41) is 9.18. The number of hydrogen-bond donors (Lipinski definition) is 1. The molecule has 0 bridgehead atoms. The lowest BCUT2D eigenvalue weighted by Gasteiger charge is -2.16. The minimum Gasteiger partial charge on any atom is -0.486 e. The van der Waals surface area contributed by atoms with Crippen LogP contribution in [0.25, 0.3) is 0 Å². The van der Waals surface area contributed by atoms with Crippen LogP contribution in [-0.4, -0.2) is 23.5 Å². The second-order valence-electron chi connectivity index (χ2n) is 5.48. The number of carbonyl (C=O) groups is 2. The van der Waals surface area contributed by atoms with E-state index in [0.29, 0.717) is 18.6 Å². The SMILES string of the molecule is O=C1COc2ccc(C(=O)O)cc2C(Cc2ccccc2)C1. The molecule has 112 valence electrons. The topological polar surface area (TPSA) is 63.6 Å². The van der Waals surface area contributed by atoms with Gasteiger partial charge >= 0.3 is 5.97 Å². The van der Waals surface area contributed by atoms with Crippen molar-refractivity contribution in [2.45, 2.75) is 18.8 Å². The molecule has 1 unspecified atom stereocenters. The van der Waals surface area contributed by atoms with Gasteiger partial charge in [0.1, 0.15) is 12.4 Å². The Morgan fingerprint density at radius 3 is 2.68 bits per heavy atom. The maximum Gasteiger partial charge on any atom is 0.335 e. The first kappa shape index (κ1) is 14.3. The van der Waals surface area contributed by atoms with Crippen LogP contribution in [0.3, 0.4) is 0 Å². The monoisotopic (exact) mass is 296 g/mol. The van der Waals surface area contributed by atoms with Crippen molar-refractivity contribution in [3.05, 3.63) is 65.2 Å². The predicted octanol–water partition coefficient (Wildman–Crippen LogP) is 3.06. The fourth-order valence-corrected chi connectivity index (χ4v) is 2.81. The van der Waals surface area contributed by atoms with Gasteiger partial charge in [-0.3, -0.25) is 4.79 Å². The molecule has 0 aromatic heterocycles. The molecule has 2 aromatic rings. The molecule has 0 saturated heterocycles. The Hall–Kier alpha value is -2.62. The molecule has 1 heterocycles. The highest BCUT2D eigenvalue weighted by Crippen LogP contribution is 2.35. The number of carbonyl (C=O) groups excluding carboxylic acids is 1. The molecule has 0 fully saturated rings. The molecule has 1 atom stereocenters. The maximum atomic E-state index is 11.9. The van der Waals surface area contributed by atoms with Crippen LogP contribution in [0.1, 0.15) is 33.8 Å². The Morgan fingerprint density at radius 2 is 1.95 bits per heavy atom. The first-order chi connectivity index (χ1) is 10.6. The molecule has 4 heteroatoms. The van der Waals surface area contributed by atoms with Crippen molar-refractivity contribution in [2.75, 3.05) is 6.61 Å². The summed E-state index contributed by atoms with van der Waals surface area (Å²) in [6, 6.07) is 14.7. The van der Waals surface area contributed by atoms with Crippen LogP contribution in [0.2, 0.25) is 0 Å². The number of ether oxygens (including phenoxy) is 1. The molecular formula is C18H16O4. The molecule has 2 aromatic carbocycles. The number of carboxylic acid groups (broad SMARTS) is 1. The van der Waals surface area contributed by atoms with Gasteiger partial charge in [0.15, 0.2) is 5.78 Å². The molecule has 1 N–H and O–H groups in total. The second-order valence-corrected chi connectivity index (χ2v) is 5.48. The van der Waals surface area contributed by atoms with Crippen LogP contribution in [-0.2, 0) is 11.2 Å². The highest BCUT2D eigenvalue weighted by atomic mass is 16.5. The zero-order valence-corrected chi connectivity index (χ0v) is 12.0. The van der Waals surface area contributed by atoms with E-state index in [1.54, 1.807) is 12.1 Å². The Morgan fingerprint density at radius 1 is 1.18 bits per heavy atom. The van der Waals surface area contributed by atoms with E-state index < -0.39 is 5.97 Å². The Kier molecular flexibility index (Phi) is 3.92. The minimum absolute atomic E-state index is 0.0361. The van der Waals surface area contributed by atoms with Crippen molar-refractivity contribution in [2.24, 2.45) is 0 Å². The number of benzene rings is 2. The Bertz CT molecular complexity index is 706. The first-order valence-corrected chi connectivity index (χ1v) is 7.19. The third-order valence-corrected chi connectivity index (χ3v) is 3.88. The van der Waals surface area contributed by atoms with Crippen LogP contribution in [0.15, 0.2) is 48.5 Å². The zero-order chi connectivity index (χ0) is 15.5. The number of rotatable bonds is 3. The lowest BCUT2D eigenvalue weighted by atomic mass is 9.87. The van der Waals surface area contributed by atoms with Crippen LogP contribution in [0.5, 0.6) is 5.75 Å². The number of Topliss-reactive ketones (excluding diaryl/α,β-unsaturated/α-hetero) is 1. The van der Waals surface area contributed by atoms with Gasteiger partial charge in [-0.25, -0.2) is 4.79 Å². The van der Waals surface area contributed by atoms with Crippen molar-refractivity contribution in [3.63, 3.8) is 0 Å². The molecule has 0 aliphatic carbocycles. The molecule has 3 rings (SSSR count). The lowest BCUT2D eigenvalue weighted by molar-refractivity contribution is -0.121. The van der Waals surface area contributed by atoms with Gasteiger partial charge < -0.3 is 9.84 Å². The molecule has 1 aliphatic rings. The average molecular weight is 296 g/mol. The molecule has 1 aliphatic heterocycles. The summed E-state index contributed by atoms with van der Waals surface area (Å²) < 4.78 is 5.52. The van der Waals surface area contributed by atoms with E-state index in [1.807, 2.05) is 30.3 Å². The lowest BCUT2D eigenvalue weighted by Crippen LogP contribution is -2.11. The van der Waals surface area contributed by atoms with Crippen LogP contribution >= 0.6 is 0 Å². The van der Waals surface area contributed by atoms with Gasteiger partial charge in [0.05, 0.1) is 5.56 Å². The van der Waals surface area contributed by atoms with E-state index >= 15 is 0 Å². The molecule has 0 saturated carbocycles. The van der Waals surface area contributed by atoms with Gasteiger partial charge in [-0.15, -0.1) is 0 Å². The number of aromatic carboxylic acids is 1. The summed E-state index contributed by atoms with van der Waals surface area (Å²) in [5.74, 6) is -0.394. The fraction of sp³-hybridized carbons (Fsp3) is 0.222. The van der Waals surface area contributed by atoms with Gasteiger partial charge in [-0.2, -0.15) is 0 Å².